The second-order valence-corrected chi connectivity index (χ2v) is 4.56. The Hall–Kier alpha value is -1.96. The molecule has 5 nitrogen and oxygen atoms in total. The van der Waals surface area contributed by atoms with Crippen LogP contribution in [-0.4, -0.2) is 28.0 Å². The van der Waals surface area contributed by atoms with Crippen LogP contribution < -0.4 is 5.32 Å². The average Bonchev–Trinajstić information content (AvgIpc) is 2.56. The van der Waals surface area contributed by atoms with Gasteiger partial charge < -0.3 is 10.1 Å². The monoisotopic (exact) mass is 235 g/mol. The van der Waals surface area contributed by atoms with E-state index in [1.54, 1.807) is 17.1 Å². The van der Waals surface area contributed by atoms with E-state index < -0.39 is 11.7 Å². The van der Waals surface area contributed by atoms with Crippen molar-refractivity contribution in [2.24, 2.45) is 7.05 Å². The number of nitrogens with one attached hydrogen (secondary N) is 1. The molecule has 1 rings (SSSR count). The van der Waals surface area contributed by atoms with Gasteiger partial charge in [0.2, 0.25) is 0 Å². The van der Waals surface area contributed by atoms with Crippen LogP contribution in [0.1, 0.15) is 26.3 Å². The van der Waals surface area contributed by atoms with Crippen molar-refractivity contribution in [3.05, 3.63) is 18.0 Å². The van der Waals surface area contributed by atoms with E-state index in [-0.39, 0.29) is 6.54 Å². The molecular formula is C12H17N3O2. The van der Waals surface area contributed by atoms with Crippen LogP contribution in [0.2, 0.25) is 0 Å². The molecule has 0 unspecified atom stereocenters. The molecule has 0 saturated heterocycles. The van der Waals surface area contributed by atoms with Gasteiger partial charge in [0.25, 0.3) is 0 Å². The zero-order valence-electron chi connectivity index (χ0n) is 10.6. The average molecular weight is 235 g/mol. The van der Waals surface area contributed by atoms with Gasteiger partial charge in [0.1, 0.15) is 5.60 Å². The summed E-state index contributed by atoms with van der Waals surface area (Å²) in [5, 5.41) is 6.54. The van der Waals surface area contributed by atoms with Gasteiger partial charge in [-0.3, -0.25) is 4.68 Å². The number of nitrogens with zero attached hydrogens (tertiary/aromatic N) is 2. The van der Waals surface area contributed by atoms with Crippen molar-refractivity contribution in [2.75, 3.05) is 6.54 Å². The van der Waals surface area contributed by atoms with E-state index in [1.807, 2.05) is 27.8 Å². The van der Waals surface area contributed by atoms with Crippen LogP contribution in [0.3, 0.4) is 0 Å². The Bertz CT molecular complexity index is 446. The van der Waals surface area contributed by atoms with Crippen molar-refractivity contribution in [3.63, 3.8) is 0 Å². The third-order valence-electron chi connectivity index (χ3n) is 1.66. The molecule has 0 aromatic carbocycles. The van der Waals surface area contributed by atoms with Gasteiger partial charge in [-0.25, -0.2) is 4.79 Å². The Balaban J connectivity index is 2.33. The SMILES string of the molecule is Cn1cc(C#CCNC(=O)OC(C)(C)C)cn1. The van der Waals surface area contributed by atoms with Crippen LogP contribution in [0.5, 0.6) is 0 Å². The fraction of sp³-hybridized carbons (Fsp3) is 0.500. The minimum absolute atomic E-state index is 0.254. The number of carbonyl (C=O) groups excluding carboxylic acids is 1. The minimum atomic E-state index is -0.485. The number of aromatic nitrogens is 2. The molecule has 0 aliphatic carbocycles. The summed E-state index contributed by atoms with van der Waals surface area (Å²) < 4.78 is 6.73. The highest BCUT2D eigenvalue weighted by Crippen LogP contribution is 2.05. The topological polar surface area (TPSA) is 56.2 Å². The van der Waals surface area contributed by atoms with Crippen LogP contribution in [0.4, 0.5) is 4.79 Å². The van der Waals surface area contributed by atoms with Crippen molar-refractivity contribution in [1.29, 1.82) is 0 Å². The Morgan fingerprint density at radius 2 is 2.29 bits per heavy atom. The highest BCUT2D eigenvalue weighted by atomic mass is 16.6. The highest BCUT2D eigenvalue weighted by Gasteiger charge is 2.14. The standard InChI is InChI=1S/C12H17N3O2/c1-12(2,3)17-11(16)13-7-5-6-10-8-14-15(4)9-10/h8-9H,7H2,1-4H3,(H,13,16). The third-order valence-corrected chi connectivity index (χ3v) is 1.66. The summed E-state index contributed by atoms with van der Waals surface area (Å²) in [6, 6.07) is 0. The molecule has 0 saturated carbocycles. The molecule has 0 spiro atoms. The Morgan fingerprint density at radius 1 is 1.59 bits per heavy atom. The van der Waals surface area contributed by atoms with Gasteiger partial charge >= 0.3 is 6.09 Å². The second kappa shape index (κ2) is 5.39. The lowest BCUT2D eigenvalue weighted by molar-refractivity contribution is 0.0535. The van der Waals surface area contributed by atoms with Crippen molar-refractivity contribution in [1.82, 2.24) is 15.1 Å². The number of amides is 1. The lowest BCUT2D eigenvalue weighted by Gasteiger charge is -2.18. The number of aryl methyl sites for hydroxylation is 1. The summed E-state index contributed by atoms with van der Waals surface area (Å²) in [5.41, 5.74) is 0.333. The molecule has 5 heteroatoms. The molecule has 1 aromatic rings. The summed E-state index contributed by atoms with van der Waals surface area (Å²) in [5.74, 6) is 5.70. The normalized spacial score (nSPS) is 10.4. The Morgan fingerprint density at radius 3 is 2.82 bits per heavy atom. The smallest absolute Gasteiger partial charge is 0.408 e. The van der Waals surface area contributed by atoms with Crippen molar-refractivity contribution in [3.8, 4) is 11.8 Å². The molecule has 1 N–H and O–H groups in total. The van der Waals surface area contributed by atoms with E-state index in [9.17, 15) is 4.79 Å². The number of carbonyl (C=O) groups is 1. The molecule has 0 fully saturated rings. The first-order valence-corrected chi connectivity index (χ1v) is 5.31. The summed E-state index contributed by atoms with van der Waals surface area (Å²) in [6.07, 6.45) is 3.01. The summed E-state index contributed by atoms with van der Waals surface area (Å²) >= 11 is 0. The third kappa shape index (κ3) is 5.61. The fourth-order valence-electron chi connectivity index (χ4n) is 1.06. The van der Waals surface area contributed by atoms with Crippen LogP contribution in [0.25, 0.3) is 0 Å². The first-order valence-electron chi connectivity index (χ1n) is 5.31. The molecule has 0 radical (unpaired) electrons. The van der Waals surface area contributed by atoms with Crippen molar-refractivity contribution < 1.29 is 9.53 Å². The molecule has 0 aliphatic heterocycles. The number of hydrogen-bond donors (Lipinski definition) is 1. The Labute approximate surface area is 101 Å². The van der Waals surface area contributed by atoms with Gasteiger partial charge in [0.15, 0.2) is 0 Å². The largest absolute Gasteiger partial charge is 0.444 e. The maximum Gasteiger partial charge on any atom is 0.408 e. The maximum absolute atomic E-state index is 11.3. The van der Waals surface area contributed by atoms with Gasteiger partial charge in [0, 0.05) is 13.2 Å². The molecule has 0 atom stereocenters. The summed E-state index contributed by atoms with van der Waals surface area (Å²) in [4.78, 5) is 11.3. The van der Waals surface area contributed by atoms with Gasteiger partial charge in [0.05, 0.1) is 18.3 Å². The molecule has 0 bridgehead atoms. The number of ether oxygens (including phenoxy) is 1. The number of alkyl carbamates (subject to hydrolysis) is 1. The minimum Gasteiger partial charge on any atom is -0.444 e. The van der Waals surface area contributed by atoms with Crippen LogP contribution in [0.15, 0.2) is 12.4 Å². The van der Waals surface area contributed by atoms with Crippen LogP contribution in [-0.2, 0) is 11.8 Å². The van der Waals surface area contributed by atoms with Gasteiger partial charge in [-0.1, -0.05) is 11.8 Å². The number of rotatable bonds is 1. The molecule has 92 valence electrons. The van der Waals surface area contributed by atoms with Crippen molar-refractivity contribution in [2.45, 2.75) is 26.4 Å². The zero-order chi connectivity index (χ0) is 12.9. The van der Waals surface area contributed by atoms with Gasteiger partial charge in [-0.05, 0) is 20.8 Å². The molecule has 1 aromatic heterocycles. The molecule has 17 heavy (non-hydrogen) atoms. The van der Waals surface area contributed by atoms with E-state index >= 15 is 0 Å². The molecule has 1 amide bonds. The predicted octanol–water partition coefficient (Wildman–Crippen LogP) is 1.30. The summed E-state index contributed by atoms with van der Waals surface area (Å²) in [6.45, 7) is 5.69. The lowest BCUT2D eigenvalue weighted by Crippen LogP contribution is -2.32. The zero-order valence-corrected chi connectivity index (χ0v) is 10.6. The van der Waals surface area contributed by atoms with E-state index in [1.165, 1.54) is 0 Å². The van der Waals surface area contributed by atoms with Crippen LogP contribution in [0, 0.1) is 11.8 Å². The first kappa shape index (κ1) is 13.1. The second-order valence-electron chi connectivity index (χ2n) is 4.56. The van der Waals surface area contributed by atoms with E-state index in [2.05, 4.69) is 22.3 Å². The predicted molar refractivity (Wildman–Crippen MR) is 64.3 cm³/mol. The van der Waals surface area contributed by atoms with E-state index in [4.69, 9.17) is 4.74 Å². The fourth-order valence-corrected chi connectivity index (χ4v) is 1.06. The molecular weight excluding hydrogens is 218 g/mol. The molecule has 1 heterocycles. The number of hydrogen-bond acceptors (Lipinski definition) is 3. The van der Waals surface area contributed by atoms with E-state index in [0.29, 0.717) is 0 Å². The molecule has 0 aliphatic rings. The van der Waals surface area contributed by atoms with E-state index in [0.717, 1.165) is 5.56 Å². The van der Waals surface area contributed by atoms with Gasteiger partial charge in [-0.2, -0.15) is 5.10 Å². The quantitative estimate of drug-likeness (QED) is 0.746. The van der Waals surface area contributed by atoms with Crippen molar-refractivity contribution >= 4 is 6.09 Å². The van der Waals surface area contributed by atoms with Crippen LogP contribution >= 0.6 is 0 Å². The summed E-state index contributed by atoms with van der Waals surface area (Å²) in [7, 11) is 1.82. The highest BCUT2D eigenvalue weighted by molar-refractivity contribution is 5.68. The maximum atomic E-state index is 11.3. The van der Waals surface area contributed by atoms with Gasteiger partial charge in [-0.15, -0.1) is 0 Å². The lowest BCUT2D eigenvalue weighted by atomic mass is 10.2. The Kier molecular flexibility index (Phi) is 4.16. The first-order chi connectivity index (χ1) is 7.87.